The average molecular weight is 383 g/mol. The van der Waals surface area contributed by atoms with Crippen LogP contribution in [0.5, 0.6) is 5.88 Å². The van der Waals surface area contributed by atoms with E-state index < -0.39 is 12.8 Å². The Labute approximate surface area is 153 Å². The lowest BCUT2D eigenvalue weighted by atomic mass is 10.2. The molecule has 0 atom stereocenters. The van der Waals surface area contributed by atoms with E-state index in [1.54, 1.807) is 23.1 Å². The minimum Gasteiger partial charge on any atom is -0.468 e. The molecule has 1 aliphatic heterocycles. The number of anilines is 1. The van der Waals surface area contributed by atoms with E-state index in [1.165, 1.54) is 24.4 Å². The maximum Gasteiger partial charge on any atom is 0.422 e. The van der Waals surface area contributed by atoms with E-state index in [9.17, 15) is 22.4 Å². The van der Waals surface area contributed by atoms with Gasteiger partial charge in [0.1, 0.15) is 5.82 Å². The van der Waals surface area contributed by atoms with E-state index in [-0.39, 0.29) is 23.2 Å². The van der Waals surface area contributed by atoms with Crippen molar-refractivity contribution >= 4 is 11.6 Å². The Hall–Kier alpha value is -2.84. The van der Waals surface area contributed by atoms with Crippen LogP contribution >= 0.6 is 0 Å². The minimum atomic E-state index is -4.45. The zero-order valence-corrected chi connectivity index (χ0v) is 14.2. The Kier molecular flexibility index (Phi) is 5.48. The average Bonchev–Trinajstić information content (AvgIpc) is 2.66. The van der Waals surface area contributed by atoms with Crippen molar-refractivity contribution in [2.75, 3.05) is 37.7 Å². The van der Waals surface area contributed by atoms with Crippen molar-refractivity contribution in [3.63, 3.8) is 0 Å². The highest BCUT2D eigenvalue weighted by molar-refractivity contribution is 5.94. The van der Waals surface area contributed by atoms with E-state index >= 15 is 0 Å². The van der Waals surface area contributed by atoms with Crippen molar-refractivity contribution in [3.8, 4) is 5.88 Å². The number of alkyl halides is 3. The van der Waals surface area contributed by atoms with Gasteiger partial charge in [0.2, 0.25) is 5.88 Å². The summed E-state index contributed by atoms with van der Waals surface area (Å²) in [6.07, 6.45) is -3.26. The highest BCUT2D eigenvalue weighted by Crippen LogP contribution is 2.21. The maximum atomic E-state index is 13.9. The van der Waals surface area contributed by atoms with E-state index in [2.05, 4.69) is 9.72 Å². The van der Waals surface area contributed by atoms with E-state index in [4.69, 9.17) is 0 Å². The number of pyridine rings is 1. The SMILES string of the molecule is O=C(c1ccc(OCC(F)(F)F)nc1)N1CCN(c2ccccc2F)CC1. The molecule has 5 nitrogen and oxygen atoms in total. The summed E-state index contributed by atoms with van der Waals surface area (Å²) in [5, 5.41) is 0. The van der Waals surface area contributed by atoms with Gasteiger partial charge in [0.25, 0.3) is 5.91 Å². The molecule has 1 aromatic carbocycles. The molecular formula is C18H17F4N3O2. The van der Waals surface area contributed by atoms with Gasteiger partial charge in [-0.05, 0) is 18.2 Å². The molecule has 0 N–H and O–H groups in total. The summed E-state index contributed by atoms with van der Waals surface area (Å²) < 4.78 is 54.8. The first-order chi connectivity index (χ1) is 12.8. The minimum absolute atomic E-state index is 0.201. The molecule has 0 saturated carbocycles. The Morgan fingerprint density at radius 3 is 2.37 bits per heavy atom. The molecule has 3 rings (SSSR count). The first kappa shape index (κ1) is 18.9. The van der Waals surface area contributed by atoms with Crippen molar-refractivity contribution in [1.29, 1.82) is 0 Å². The van der Waals surface area contributed by atoms with Gasteiger partial charge in [-0.25, -0.2) is 9.37 Å². The summed E-state index contributed by atoms with van der Waals surface area (Å²) in [4.78, 5) is 19.7. The van der Waals surface area contributed by atoms with E-state index in [0.717, 1.165) is 0 Å². The Bertz CT molecular complexity index is 788. The summed E-state index contributed by atoms with van der Waals surface area (Å²) in [5.74, 6) is -0.790. The van der Waals surface area contributed by atoms with Crippen LogP contribution in [0.3, 0.4) is 0 Å². The summed E-state index contributed by atoms with van der Waals surface area (Å²) in [5.41, 5.74) is 0.756. The van der Waals surface area contributed by atoms with Crippen LogP contribution in [-0.2, 0) is 0 Å². The molecule has 9 heteroatoms. The number of rotatable bonds is 4. The first-order valence-corrected chi connectivity index (χ1v) is 8.28. The Morgan fingerprint density at radius 1 is 1.07 bits per heavy atom. The monoisotopic (exact) mass is 383 g/mol. The first-order valence-electron chi connectivity index (χ1n) is 8.28. The molecule has 0 spiro atoms. The lowest BCUT2D eigenvalue weighted by molar-refractivity contribution is -0.154. The highest BCUT2D eigenvalue weighted by atomic mass is 19.4. The topological polar surface area (TPSA) is 45.7 Å². The summed E-state index contributed by atoms with van der Waals surface area (Å²) >= 11 is 0. The third-order valence-corrected chi connectivity index (χ3v) is 4.13. The van der Waals surface area contributed by atoms with Gasteiger partial charge in [0.15, 0.2) is 6.61 Å². The number of piperazine rings is 1. The number of carbonyl (C=O) groups is 1. The predicted octanol–water partition coefficient (Wildman–Crippen LogP) is 3.12. The standard InChI is InChI=1S/C18H17F4N3O2/c19-14-3-1-2-4-15(14)24-7-9-25(10-8-24)17(26)13-5-6-16(23-11-13)27-12-18(20,21)22/h1-6,11H,7-10,12H2. The van der Waals surface area contributed by atoms with Crippen molar-refractivity contribution in [1.82, 2.24) is 9.88 Å². The van der Waals surface area contributed by atoms with Crippen LogP contribution in [0, 0.1) is 5.82 Å². The number of amides is 1. The fourth-order valence-electron chi connectivity index (χ4n) is 2.79. The van der Waals surface area contributed by atoms with E-state index in [0.29, 0.717) is 31.9 Å². The van der Waals surface area contributed by atoms with Crippen LogP contribution < -0.4 is 9.64 Å². The van der Waals surface area contributed by atoms with Gasteiger partial charge in [0.05, 0.1) is 11.3 Å². The smallest absolute Gasteiger partial charge is 0.422 e. The number of carbonyl (C=O) groups excluding carboxylic acids is 1. The number of nitrogens with zero attached hydrogens (tertiary/aromatic N) is 3. The normalized spacial score (nSPS) is 15.0. The van der Waals surface area contributed by atoms with Crippen molar-refractivity contribution in [2.45, 2.75) is 6.18 Å². The van der Waals surface area contributed by atoms with Crippen molar-refractivity contribution < 1.29 is 27.1 Å². The van der Waals surface area contributed by atoms with Gasteiger partial charge in [-0.15, -0.1) is 0 Å². The van der Waals surface area contributed by atoms with Gasteiger partial charge in [-0.3, -0.25) is 4.79 Å². The zero-order valence-electron chi connectivity index (χ0n) is 14.2. The number of halogens is 4. The molecular weight excluding hydrogens is 366 g/mol. The van der Waals surface area contributed by atoms with Crippen LogP contribution in [0.25, 0.3) is 0 Å². The van der Waals surface area contributed by atoms with Crippen LogP contribution in [0.2, 0.25) is 0 Å². The molecule has 0 aliphatic carbocycles. The van der Waals surface area contributed by atoms with Gasteiger partial charge in [-0.2, -0.15) is 13.2 Å². The molecule has 1 fully saturated rings. The van der Waals surface area contributed by atoms with Crippen LogP contribution in [-0.4, -0.2) is 54.8 Å². The molecule has 0 bridgehead atoms. The molecule has 0 unspecified atom stereocenters. The predicted molar refractivity (Wildman–Crippen MR) is 90.3 cm³/mol. The number of ether oxygens (including phenoxy) is 1. The lowest BCUT2D eigenvalue weighted by Crippen LogP contribution is -2.49. The van der Waals surface area contributed by atoms with Gasteiger partial charge >= 0.3 is 6.18 Å². The van der Waals surface area contributed by atoms with Crippen LogP contribution in [0.15, 0.2) is 42.6 Å². The van der Waals surface area contributed by atoms with Crippen LogP contribution in [0.4, 0.5) is 23.2 Å². The molecule has 1 saturated heterocycles. The fraction of sp³-hybridized carbons (Fsp3) is 0.333. The van der Waals surface area contributed by atoms with Crippen molar-refractivity contribution in [3.05, 3.63) is 54.0 Å². The third kappa shape index (κ3) is 4.87. The Balaban J connectivity index is 1.57. The van der Waals surface area contributed by atoms with Gasteiger partial charge < -0.3 is 14.5 Å². The second-order valence-corrected chi connectivity index (χ2v) is 6.02. The quantitative estimate of drug-likeness (QED) is 0.761. The molecule has 0 radical (unpaired) electrons. The second kappa shape index (κ2) is 7.81. The van der Waals surface area contributed by atoms with Gasteiger partial charge in [-0.1, -0.05) is 12.1 Å². The second-order valence-electron chi connectivity index (χ2n) is 6.02. The summed E-state index contributed by atoms with van der Waals surface area (Å²) in [6, 6.07) is 9.06. The number of benzene rings is 1. The summed E-state index contributed by atoms with van der Waals surface area (Å²) in [6.45, 7) is 0.323. The zero-order chi connectivity index (χ0) is 19.4. The number of hydrogen-bond donors (Lipinski definition) is 0. The molecule has 1 aliphatic rings. The van der Waals surface area contributed by atoms with Crippen molar-refractivity contribution in [2.24, 2.45) is 0 Å². The number of aromatic nitrogens is 1. The number of para-hydroxylation sites is 1. The molecule has 2 heterocycles. The maximum absolute atomic E-state index is 13.9. The molecule has 1 amide bonds. The largest absolute Gasteiger partial charge is 0.468 e. The lowest BCUT2D eigenvalue weighted by Gasteiger charge is -2.36. The molecule has 1 aromatic heterocycles. The van der Waals surface area contributed by atoms with E-state index in [1.807, 2.05) is 4.90 Å². The Morgan fingerprint density at radius 2 is 1.78 bits per heavy atom. The highest BCUT2D eigenvalue weighted by Gasteiger charge is 2.29. The molecule has 27 heavy (non-hydrogen) atoms. The van der Waals surface area contributed by atoms with Gasteiger partial charge in [0, 0.05) is 38.4 Å². The third-order valence-electron chi connectivity index (χ3n) is 4.13. The number of hydrogen-bond acceptors (Lipinski definition) is 4. The summed E-state index contributed by atoms with van der Waals surface area (Å²) in [7, 11) is 0. The fourth-order valence-corrected chi connectivity index (χ4v) is 2.79. The van der Waals surface area contributed by atoms with Crippen LogP contribution in [0.1, 0.15) is 10.4 Å². The molecule has 144 valence electrons. The molecule has 2 aromatic rings.